The summed E-state index contributed by atoms with van der Waals surface area (Å²) in [5.41, 5.74) is 8.05. The largest absolute Gasteiger partial charge is 0.507 e. The second kappa shape index (κ2) is 5.71. The maximum absolute atomic E-state index is 10.2. The molecule has 1 nitrogen and oxygen atoms in total. The molecule has 0 amide bonds. The third kappa shape index (κ3) is 2.20. The number of hydrogen-bond donors (Lipinski definition) is 1. The van der Waals surface area contributed by atoms with Gasteiger partial charge in [0, 0.05) is 5.39 Å². The fourth-order valence-corrected chi connectivity index (χ4v) is 4.60. The zero-order valence-corrected chi connectivity index (χ0v) is 15.3. The summed E-state index contributed by atoms with van der Waals surface area (Å²) in [7, 11) is 0. The molecule has 1 aliphatic rings. The summed E-state index contributed by atoms with van der Waals surface area (Å²) in [4.78, 5) is 0. The van der Waals surface area contributed by atoms with E-state index in [1.807, 2.05) is 12.1 Å². The first kappa shape index (κ1) is 15.5. The van der Waals surface area contributed by atoms with E-state index in [0.717, 1.165) is 22.6 Å². The molecule has 5 aromatic carbocycles. The van der Waals surface area contributed by atoms with E-state index in [1.165, 1.54) is 38.8 Å². The predicted molar refractivity (Wildman–Crippen MR) is 117 cm³/mol. The summed E-state index contributed by atoms with van der Waals surface area (Å²) >= 11 is 0. The van der Waals surface area contributed by atoms with Crippen molar-refractivity contribution in [1.82, 2.24) is 0 Å². The summed E-state index contributed by atoms with van der Waals surface area (Å²) in [5, 5.41) is 14.6. The van der Waals surface area contributed by atoms with Gasteiger partial charge in [-0.1, -0.05) is 66.7 Å². The van der Waals surface area contributed by atoms with Crippen molar-refractivity contribution in [3.05, 3.63) is 102 Å². The molecule has 28 heavy (non-hydrogen) atoms. The van der Waals surface area contributed by atoms with Crippen LogP contribution in [0.4, 0.5) is 0 Å². The smallest absolute Gasteiger partial charge is 0.123 e. The summed E-state index contributed by atoms with van der Waals surface area (Å²) in [6.45, 7) is 0. The third-order valence-corrected chi connectivity index (χ3v) is 5.98. The van der Waals surface area contributed by atoms with Crippen molar-refractivity contribution in [3.8, 4) is 28.0 Å². The molecule has 1 aliphatic carbocycles. The highest BCUT2D eigenvalue weighted by molar-refractivity contribution is 6.02. The maximum atomic E-state index is 10.2. The van der Waals surface area contributed by atoms with Crippen LogP contribution in [-0.2, 0) is 6.42 Å². The number of benzene rings is 5. The molecule has 0 heterocycles. The SMILES string of the molecule is Oc1cccc2cc3ccc(-c4cccc5c4Cc4ccccc4-5)cc3cc12. The van der Waals surface area contributed by atoms with E-state index < -0.39 is 0 Å². The number of hydrogen-bond acceptors (Lipinski definition) is 1. The molecule has 1 N–H and O–H groups in total. The Bertz CT molecular complexity index is 1390. The van der Waals surface area contributed by atoms with Crippen molar-refractivity contribution in [2.45, 2.75) is 6.42 Å². The molecule has 5 aromatic rings. The van der Waals surface area contributed by atoms with Gasteiger partial charge in [-0.25, -0.2) is 0 Å². The van der Waals surface area contributed by atoms with Crippen LogP contribution in [0.5, 0.6) is 5.75 Å². The van der Waals surface area contributed by atoms with Gasteiger partial charge >= 0.3 is 0 Å². The Balaban J connectivity index is 1.56. The van der Waals surface area contributed by atoms with E-state index in [2.05, 4.69) is 72.8 Å². The highest BCUT2D eigenvalue weighted by Crippen LogP contribution is 2.42. The Morgan fingerprint density at radius 1 is 0.571 bits per heavy atom. The zero-order chi connectivity index (χ0) is 18.7. The molecule has 0 bridgehead atoms. The van der Waals surface area contributed by atoms with Gasteiger partial charge in [-0.15, -0.1) is 0 Å². The number of aromatic hydroxyl groups is 1. The highest BCUT2D eigenvalue weighted by atomic mass is 16.3. The lowest BCUT2D eigenvalue weighted by Gasteiger charge is -2.11. The van der Waals surface area contributed by atoms with Gasteiger partial charge in [-0.3, -0.25) is 0 Å². The topological polar surface area (TPSA) is 20.2 Å². The van der Waals surface area contributed by atoms with Crippen molar-refractivity contribution in [2.24, 2.45) is 0 Å². The van der Waals surface area contributed by atoms with E-state index in [-0.39, 0.29) is 0 Å². The Morgan fingerprint density at radius 2 is 1.39 bits per heavy atom. The van der Waals surface area contributed by atoms with E-state index >= 15 is 0 Å². The lowest BCUT2D eigenvalue weighted by atomic mass is 9.93. The van der Waals surface area contributed by atoms with Crippen molar-refractivity contribution in [3.63, 3.8) is 0 Å². The Kier molecular flexibility index (Phi) is 3.15. The van der Waals surface area contributed by atoms with Gasteiger partial charge in [0.2, 0.25) is 0 Å². The van der Waals surface area contributed by atoms with Crippen LogP contribution in [0.1, 0.15) is 11.1 Å². The van der Waals surface area contributed by atoms with Gasteiger partial charge < -0.3 is 5.11 Å². The fraction of sp³-hybridized carbons (Fsp3) is 0.0370. The van der Waals surface area contributed by atoms with Gasteiger partial charge in [0.25, 0.3) is 0 Å². The van der Waals surface area contributed by atoms with Gasteiger partial charge in [0.15, 0.2) is 0 Å². The molecule has 0 spiro atoms. The van der Waals surface area contributed by atoms with Crippen molar-refractivity contribution in [2.75, 3.05) is 0 Å². The summed E-state index contributed by atoms with van der Waals surface area (Å²) in [5.74, 6) is 0.334. The molecule has 0 fully saturated rings. The molecular weight excluding hydrogens is 340 g/mol. The standard InChI is InChI=1S/C27H18O/c28-27-10-3-6-18-13-17-11-12-20(14-21(17)16-25(18)27)23-8-4-9-24-22-7-2-1-5-19(22)15-26(23)24/h1-14,16,28H,15H2. The second-order valence-corrected chi connectivity index (χ2v) is 7.58. The Hall–Kier alpha value is -3.58. The molecule has 0 aliphatic heterocycles. The van der Waals surface area contributed by atoms with Crippen LogP contribution in [-0.4, -0.2) is 5.11 Å². The molecule has 0 unspecified atom stereocenters. The van der Waals surface area contributed by atoms with Crippen LogP contribution >= 0.6 is 0 Å². The number of rotatable bonds is 1. The number of phenols is 1. The Morgan fingerprint density at radius 3 is 2.36 bits per heavy atom. The summed E-state index contributed by atoms with van der Waals surface area (Å²) in [6.07, 6.45) is 0.984. The van der Waals surface area contributed by atoms with Crippen LogP contribution in [0.25, 0.3) is 43.8 Å². The average molecular weight is 358 g/mol. The number of phenolic OH excluding ortho intramolecular Hbond substituents is 1. The monoisotopic (exact) mass is 358 g/mol. The molecule has 0 saturated heterocycles. The molecule has 0 radical (unpaired) electrons. The molecule has 132 valence electrons. The van der Waals surface area contributed by atoms with Gasteiger partial charge in [-0.05, 0) is 80.2 Å². The first-order valence-electron chi connectivity index (χ1n) is 9.64. The lowest BCUT2D eigenvalue weighted by Crippen LogP contribution is -1.88. The van der Waals surface area contributed by atoms with Crippen molar-refractivity contribution < 1.29 is 5.11 Å². The molecule has 0 atom stereocenters. The predicted octanol–water partition coefficient (Wildman–Crippen LogP) is 6.94. The van der Waals surface area contributed by atoms with Crippen LogP contribution in [0.3, 0.4) is 0 Å². The first-order chi connectivity index (χ1) is 13.8. The van der Waals surface area contributed by atoms with Crippen molar-refractivity contribution in [1.29, 1.82) is 0 Å². The molecule has 6 rings (SSSR count). The summed E-state index contributed by atoms with van der Waals surface area (Å²) in [6, 6.07) is 31.9. The average Bonchev–Trinajstić information content (AvgIpc) is 3.11. The number of fused-ring (bicyclic) bond motifs is 5. The lowest BCUT2D eigenvalue weighted by molar-refractivity contribution is 0.481. The minimum atomic E-state index is 0.334. The van der Waals surface area contributed by atoms with E-state index in [9.17, 15) is 5.11 Å². The second-order valence-electron chi connectivity index (χ2n) is 7.58. The van der Waals surface area contributed by atoms with E-state index in [4.69, 9.17) is 0 Å². The van der Waals surface area contributed by atoms with E-state index in [0.29, 0.717) is 5.75 Å². The highest BCUT2D eigenvalue weighted by Gasteiger charge is 2.21. The Labute approximate surface area is 163 Å². The van der Waals surface area contributed by atoms with Crippen LogP contribution in [0.2, 0.25) is 0 Å². The van der Waals surface area contributed by atoms with Crippen LogP contribution in [0.15, 0.2) is 91.0 Å². The van der Waals surface area contributed by atoms with Gasteiger partial charge in [0.1, 0.15) is 5.75 Å². The molecular formula is C27H18O. The van der Waals surface area contributed by atoms with Gasteiger partial charge in [-0.2, -0.15) is 0 Å². The quantitative estimate of drug-likeness (QED) is 0.316. The fourth-order valence-electron chi connectivity index (χ4n) is 4.60. The minimum Gasteiger partial charge on any atom is -0.507 e. The summed E-state index contributed by atoms with van der Waals surface area (Å²) < 4.78 is 0. The van der Waals surface area contributed by atoms with Gasteiger partial charge in [0.05, 0.1) is 0 Å². The molecule has 0 aromatic heterocycles. The maximum Gasteiger partial charge on any atom is 0.123 e. The van der Waals surface area contributed by atoms with Crippen molar-refractivity contribution >= 4 is 21.5 Å². The first-order valence-corrected chi connectivity index (χ1v) is 9.64. The third-order valence-electron chi connectivity index (χ3n) is 5.98. The van der Waals surface area contributed by atoms with E-state index in [1.54, 1.807) is 6.07 Å². The molecule has 0 saturated carbocycles. The minimum absolute atomic E-state index is 0.334. The van der Waals surface area contributed by atoms with Crippen LogP contribution in [0, 0.1) is 0 Å². The van der Waals surface area contributed by atoms with Crippen LogP contribution < -0.4 is 0 Å². The normalized spacial score (nSPS) is 12.3. The zero-order valence-electron chi connectivity index (χ0n) is 15.3. The molecule has 1 heteroatoms.